The van der Waals surface area contributed by atoms with Gasteiger partial charge in [-0.3, -0.25) is 0 Å². The maximum atomic E-state index is 8.78. The Bertz CT molecular complexity index is 112. The lowest BCUT2D eigenvalue weighted by Gasteiger charge is -2.19. The van der Waals surface area contributed by atoms with Gasteiger partial charge in [-0.2, -0.15) is 0 Å². The maximum absolute atomic E-state index is 8.78. The molecule has 0 aromatic rings. The summed E-state index contributed by atoms with van der Waals surface area (Å²) in [6, 6.07) is 0. The summed E-state index contributed by atoms with van der Waals surface area (Å²) >= 11 is 0. The highest BCUT2D eigenvalue weighted by Crippen LogP contribution is 2.22. The van der Waals surface area contributed by atoms with Crippen molar-refractivity contribution in [1.29, 1.82) is 0 Å². The van der Waals surface area contributed by atoms with E-state index in [-0.39, 0.29) is 0 Å². The maximum Gasteiger partial charge on any atom is 0.0433 e. The molecule has 1 nitrogen and oxygen atoms in total. The fourth-order valence-electron chi connectivity index (χ4n) is 1.97. The lowest BCUT2D eigenvalue weighted by Crippen LogP contribution is -2.08. The van der Waals surface area contributed by atoms with E-state index in [1.165, 1.54) is 19.3 Å². The molecule has 0 aromatic carbocycles. The van der Waals surface area contributed by atoms with Gasteiger partial charge in [-0.25, -0.2) is 0 Å². The van der Waals surface area contributed by atoms with E-state index in [4.69, 9.17) is 5.11 Å². The summed E-state index contributed by atoms with van der Waals surface area (Å²) in [6.07, 6.45) is 4.86. The second-order valence-corrected chi connectivity index (χ2v) is 4.71. The Labute approximate surface area is 83.5 Å². The zero-order chi connectivity index (χ0) is 10.3. The third kappa shape index (κ3) is 7.06. The molecule has 0 aromatic heterocycles. The Balaban J connectivity index is 3.54. The van der Waals surface area contributed by atoms with Crippen LogP contribution < -0.4 is 0 Å². The second-order valence-electron chi connectivity index (χ2n) is 4.71. The van der Waals surface area contributed by atoms with Crippen LogP contribution in [0.1, 0.15) is 53.4 Å². The van der Waals surface area contributed by atoms with Gasteiger partial charge in [0.1, 0.15) is 0 Å². The lowest BCUT2D eigenvalue weighted by molar-refractivity contribution is 0.241. The van der Waals surface area contributed by atoms with E-state index in [0.717, 1.165) is 18.3 Å². The molecule has 1 N–H and O–H groups in total. The van der Waals surface area contributed by atoms with Gasteiger partial charge >= 0.3 is 0 Å². The smallest absolute Gasteiger partial charge is 0.0433 e. The van der Waals surface area contributed by atoms with Crippen molar-refractivity contribution in [2.75, 3.05) is 6.61 Å². The molecule has 0 heterocycles. The van der Waals surface area contributed by atoms with Crippen LogP contribution in [0.15, 0.2) is 0 Å². The molecule has 3 unspecified atom stereocenters. The molecule has 80 valence electrons. The molecule has 0 saturated carbocycles. The minimum atomic E-state index is 0.344. The van der Waals surface area contributed by atoms with Crippen molar-refractivity contribution in [2.45, 2.75) is 53.4 Å². The molecule has 0 spiro atoms. The predicted octanol–water partition coefficient (Wildman–Crippen LogP) is 3.47. The SMILES string of the molecule is CCC(C)CC(C)CC(C)CCO. The number of aliphatic hydroxyl groups is 1. The molecule has 0 radical (unpaired) electrons. The van der Waals surface area contributed by atoms with E-state index in [1.54, 1.807) is 0 Å². The van der Waals surface area contributed by atoms with Crippen LogP contribution >= 0.6 is 0 Å². The van der Waals surface area contributed by atoms with Gasteiger partial charge in [-0.1, -0.05) is 34.1 Å². The standard InChI is InChI=1S/C12H26O/c1-5-10(2)8-12(4)9-11(3)6-7-13/h10-13H,5-9H2,1-4H3. The van der Waals surface area contributed by atoms with E-state index in [1.807, 2.05) is 0 Å². The monoisotopic (exact) mass is 186 g/mol. The Morgan fingerprint density at radius 3 is 1.92 bits per heavy atom. The molecule has 13 heavy (non-hydrogen) atoms. The number of aliphatic hydroxyl groups excluding tert-OH is 1. The zero-order valence-corrected chi connectivity index (χ0v) is 9.71. The van der Waals surface area contributed by atoms with Crippen LogP contribution in [-0.2, 0) is 0 Å². The highest BCUT2D eigenvalue weighted by atomic mass is 16.3. The topological polar surface area (TPSA) is 20.2 Å². The molecule has 0 fully saturated rings. The van der Waals surface area contributed by atoms with Gasteiger partial charge in [-0.05, 0) is 37.0 Å². The van der Waals surface area contributed by atoms with Crippen LogP contribution in [0.5, 0.6) is 0 Å². The van der Waals surface area contributed by atoms with Crippen LogP contribution in [0, 0.1) is 17.8 Å². The van der Waals surface area contributed by atoms with Gasteiger partial charge in [0.15, 0.2) is 0 Å². The van der Waals surface area contributed by atoms with Crippen molar-refractivity contribution in [2.24, 2.45) is 17.8 Å². The summed E-state index contributed by atoms with van der Waals surface area (Å²) in [7, 11) is 0. The van der Waals surface area contributed by atoms with Crippen molar-refractivity contribution < 1.29 is 5.11 Å². The van der Waals surface area contributed by atoms with Gasteiger partial charge in [0.25, 0.3) is 0 Å². The second kappa shape index (κ2) is 7.37. The van der Waals surface area contributed by atoms with E-state index < -0.39 is 0 Å². The Morgan fingerprint density at radius 2 is 1.46 bits per heavy atom. The van der Waals surface area contributed by atoms with Gasteiger partial charge in [0.2, 0.25) is 0 Å². The highest BCUT2D eigenvalue weighted by Gasteiger charge is 2.10. The molecular formula is C12H26O. The summed E-state index contributed by atoms with van der Waals surface area (Å²) < 4.78 is 0. The van der Waals surface area contributed by atoms with Crippen molar-refractivity contribution in [3.8, 4) is 0 Å². The molecule has 0 aliphatic heterocycles. The first-order valence-corrected chi connectivity index (χ1v) is 5.70. The largest absolute Gasteiger partial charge is 0.396 e. The summed E-state index contributed by atoms with van der Waals surface area (Å²) in [6.45, 7) is 9.50. The first-order valence-electron chi connectivity index (χ1n) is 5.70. The molecule has 3 atom stereocenters. The first kappa shape index (κ1) is 13.0. The minimum Gasteiger partial charge on any atom is -0.396 e. The average molecular weight is 186 g/mol. The Morgan fingerprint density at radius 1 is 0.923 bits per heavy atom. The van der Waals surface area contributed by atoms with Gasteiger partial charge < -0.3 is 5.11 Å². The normalized spacial score (nSPS) is 18.2. The van der Waals surface area contributed by atoms with Crippen LogP contribution in [0.3, 0.4) is 0 Å². The lowest BCUT2D eigenvalue weighted by atomic mass is 9.87. The van der Waals surface area contributed by atoms with E-state index in [0.29, 0.717) is 12.5 Å². The molecule has 0 bridgehead atoms. The van der Waals surface area contributed by atoms with Crippen molar-refractivity contribution in [3.05, 3.63) is 0 Å². The number of rotatable bonds is 7. The predicted molar refractivity (Wildman–Crippen MR) is 58.7 cm³/mol. The first-order chi connectivity index (χ1) is 6.10. The van der Waals surface area contributed by atoms with E-state index in [2.05, 4.69) is 27.7 Å². The highest BCUT2D eigenvalue weighted by molar-refractivity contribution is 4.62. The summed E-state index contributed by atoms with van der Waals surface area (Å²) in [5.41, 5.74) is 0. The molecule has 0 aliphatic carbocycles. The third-order valence-electron chi connectivity index (χ3n) is 2.93. The van der Waals surface area contributed by atoms with E-state index >= 15 is 0 Å². The minimum absolute atomic E-state index is 0.344. The molecular weight excluding hydrogens is 160 g/mol. The number of hydrogen-bond acceptors (Lipinski definition) is 1. The molecule has 1 heteroatoms. The van der Waals surface area contributed by atoms with Crippen LogP contribution in [0.25, 0.3) is 0 Å². The zero-order valence-electron chi connectivity index (χ0n) is 9.71. The van der Waals surface area contributed by atoms with Gasteiger partial charge in [0.05, 0.1) is 0 Å². The van der Waals surface area contributed by atoms with Crippen LogP contribution in [0.4, 0.5) is 0 Å². The molecule has 0 rings (SSSR count). The summed E-state index contributed by atoms with van der Waals surface area (Å²) in [4.78, 5) is 0. The van der Waals surface area contributed by atoms with Crippen molar-refractivity contribution in [1.82, 2.24) is 0 Å². The molecule has 0 aliphatic rings. The Hall–Kier alpha value is -0.0400. The fourth-order valence-corrected chi connectivity index (χ4v) is 1.97. The van der Waals surface area contributed by atoms with Gasteiger partial charge in [0, 0.05) is 6.61 Å². The van der Waals surface area contributed by atoms with Crippen LogP contribution in [-0.4, -0.2) is 11.7 Å². The summed E-state index contributed by atoms with van der Waals surface area (Å²) in [5, 5.41) is 8.78. The molecule has 0 amide bonds. The summed E-state index contributed by atoms with van der Waals surface area (Å²) in [5.74, 6) is 2.36. The quantitative estimate of drug-likeness (QED) is 0.645. The van der Waals surface area contributed by atoms with Crippen molar-refractivity contribution in [3.63, 3.8) is 0 Å². The van der Waals surface area contributed by atoms with Gasteiger partial charge in [-0.15, -0.1) is 0 Å². The average Bonchev–Trinajstić information content (AvgIpc) is 2.04. The fraction of sp³-hybridized carbons (Fsp3) is 1.00. The number of hydrogen-bond donors (Lipinski definition) is 1. The molecule has 0 saturated heterocycles. The van der Waals surface area contributed by atoms with Crippen LogP contribution in [0.2, 0.25) is 0 Å². The van der Waals surface area contributed by atoms with Crippen molar-refractivity contribution >= 4 is 0 Å². The third-order valence-corrected chi connectivity index (χ3v) is 2.93. The van der Waals surface area contributed by atoms with E-state index in [9.17, 15) is 0 Å². The Kier molecular flexibility index (Phi) is 7.35.